The van der Waals surface area contributed by atoms with Crippen LogP contribution in [-0.2, 0) is 4.79 Å². The van der Waals surface area contributed by atoms with Crippen molar-refractivity contribution in [3.05, 3.63) is 29.8 Å². The Morgan fingerprint density at radius 3 is 2.43 bits per heavy atom. The number of imide groups is 1. The highest BCUT2D eigenvalue weighted by Gasteiger charge is 2.37. The van der Waals surface area contributed by atoms with Crippen LogP contribution < -0.4 is 4.90 Å². The van der Waals surface area contributed by atoms with E-state index >= 15 is 0 Å². The van der Waals surface area contributed by atoms with Crippen LogP contribution in [0.4, 0.5) is 10.5 Å². The second kappa shape index (κ2) is 5.95. The van der Waals surface area contributed by atoms with E-state index in [0.717, 1.165) is 16.2 Å². The second-order valence-corrected chi connectivity index (χ2v) is 5.35. The van der Waals surface area contributed by atoms with Gasteiger partial charge in [0, 0.05) is 26.8 Å². The Kier molecular flexibility index (Phi) is 4.26. The lowest BCUT2D eigenvalue weighted by Gasteiger charge is -2.36. The summed E-state index contributed by atoms with van der Waals surface area (Å²) in [7, 11) is 5.19. The molecule has 1 aliphatic rings. The summed E-state index contributed by atoms with van der Waals surface area (Å²) in [5.74, 6) is -0.218. The Balaban J connectivity index is 2.37. The Hall–Kier alpha value is -2.37. The van der Waals surface area contributed by atoms with E-state index in [1.54, 1.807) is 16.1 Å². The van der Waals surface area contributed by atoms with E-state index in [1.807, 2.05) is 45.3 Å². The van der Waals surface area contributed by atoms with Crippen LogP contribution in [-0.4, -0.2) is 55.4 Å². The number of urea groups is 1. The molecule has 0 radical (unpaired) electrons. The van der Waals surface area contributed by atoms with Crippen molar-refractivity contribution in [3.63, 3.8) is 0 Å². The van der Waals surface area contributed by atoms with Gasteiger partial charge in [-0.05, 0) is 19.1 Å². The molecule has 0 aliphatic carbocycles. The van der Waals surface area contributed by atoms with Crippen molar-refractivity contribution >= 4 is 24.0 Å². The van der Waals surface area contributed by atoms with Gasteiger partial charge in [-0.3, -0.25) is 14.6 Å². The van der Waals surface area contributed by atoms with Gasteiger partial charge in [-0.1, -0.05) is 17.7 Å². The molecule has 6 nitrogen and oxygen atoms in total. The summed E-state index contributed by atoms with van der Waals surface area (Å²) in [5, 5.41) is 0. The molecule has 1 aromatic carbocycles. The maximum absolute atomic E-state index is 12.4. The molecule has 0 bridgehead atoms. The van der Waals surface area contributed by atoms with Gasteiger partial charge in [-0.2, -0.15) is 0 Å². The van der Waals surface area contributed by atoms with Crippen LogP contribution in [0.25, 0.3) is 0 Å². The molecule has 3 amide bonds. The standard InChI is InChI=1S/C15H20N4O2/c1-11-5-7-12(8-6-11)19-13(16-10-17(2)3)9-14(20)18(4)15(19)21/h5-8,10,13H,9H2,1-4H3/b16-10+. The maximum Gasteiger partial charge on any atom is 0.332 e. The van der Waals surface area contributed by atoms with Crippen LogP contribution in [0.15, 0.2) is 29.3 Å². The number of nitrogens with zero attached hydrogens (tertiary/aromatic N) is 4. The van der Waals surface area contributed by atoms with Crippen molar-refractivity contribution in [1.82, 2.24) is 9.80 Å². The van der Waals surface area contributed by atoms with Crippen LogP contribution in [0.5, 0.6) is 0 Å². The van der Waals surface area contributed by atoms with Gasteiger partial charge in [-0.25, -0.2) is 9.79 Å². The molecule has 0 aromatic heterocycles. The molecular weight excluding hydrogens is 268 g/mol. The van der Waals surface area contributed by atoms with Crippen LogP contribution >= 0.6 is 0 Å². The first-order chi connectivity index (χ1) is 9.90. The number of rotatable bonds is 3. The van der Waals surface area contributed by atoms with Gasteiger partial charge in [0.1, 0.15) is 6.17 Å². The van der Waals surface area contributed by atoms with Gasteiger partial charge in [-0.15, -0.1) is 0 Å². The number of carbonyl (C=O) groups excluding carboxylic acids is 2. The molecule has 0 saturated carbocycles. The fourth-order valence-corrected chi connectivity index (χ4v) is 2.10. The van der Waals surface area contributed by atoms with Crippen LogP contribution in [0.3, 0.4) is 0 Å². The molecule has 2 rings (SSSR count). The Bertz CT molecular complexity index is 566. The molecule has 1 atom stereocenters. The molecule has 1 unspecified atom stereocenters. The molecular formula is C15H20N4O2. The van der Waals surface area contributed by atoms with Gasteiger partial charge in [0.15, 0.2) is 0 Å². The highest BCUT2D eigenvalue weighted by molar-refractivity contribution is 6.06. The first-order valence-electron chi connectivity index (χ1n) is 6.76. The lowest BCUT2D eigenvalue weighted by molar-refractivity contribution is -0.128. The van der Waals surface area contributed by atoms with Gasteiger partial charge >= 0.3 is 6.03 Å². The zero-order chi connectivity index (χ0) is 15.6. The van der Waals surface area contributed by atoms with Crippen molar-refractivity contribution < 1.29 is 9.59 Å². The molecule has 112 valence electrons. The average molecular weight is 288 g/mol. The van der Waals surface area contributed by atoms with Crippen molar-refractivity contribution in [2.45, 2.75) is 19.5 Å². The van der Waals surface area contributed by atoms with Crippen molar-refractivity contribution in [1.29, 1.82) is 0 Å². The van der Waals surface area contributed by atoms with E-state index in [1.165, 1.54) is 7.05 Å². The molecule has 1 saturated heterocycles. The minimum Gasteiger partial charge on any atom is -0.369 e. The summed E-state index contributed by atoms with van der Waals surface area (Å²) in [6.45, 7) is 1.99. The van der Waals surface area contributed by atoms with E-state index in [-0.39, 0.29) is 18.4 Å². The fraction of sp³-hybridized carbons (Fsp3) is 0.400. The largest absolute Gasteiger partial charge is 0.369 e. The smallest absolute Gasteiger partial charge is 0.332 e. The number of anilines is 1. The number of benzene rings is 1. The van der Waals surface area contributed by atoms with E-state index in [9.17, 15) is 9.59 Å². The molecule has 0 N–H and O–H groups in total. The summed E-state index contributed by atoms with van der Waals surface area (Å²) >= 11 is 0. The molecule has 0 spiro atoms. The van der Waals surface area contributed by atoms with E-state index in [0.29, 0.717) is 0 Å². The molecule has 1 fully saturated rings. The fourth-order valence-electron chi connectivity index (χ4n) is 2.10. The highest BCUT2D eigenvalue weighted by Crippen LogP contribution is 2.25. The Morgan fingerprint density at radius 2 is 1.86 bits per heavy atom. The first-order valence-corrected chi connectivity index (χ1v) is 6.76. The van der Waals surface area contributed by atoms with E-state index < -0.39 is 6.17 Å². The average Bonchev–Trinajstić information content (AvgIpc) is 2.44. The lowest BCUT2D eigenvalue weighted by Crippen LogP contribution is -2.55. The number of hydrogen-bond donors (Lipinski definition) is 0. The van der Waals surface area contributed by atoms with E-state index in [2.05, 4.69) is 4.99 Å². The summed E-state index contributed by atoms with van der Waals surface area (Å²) in [6.07, 6.45) is 1.30. The Labute approximate surface area is 124 Å². The SMILES string of the molecule is Cc1ccc(N2C(=O)N(C)C(=O)CC2/N=C/N(C)C)cc1. The van der Waals surface area contributed by atoms with Gasteiger partial charge in [0.2, 0.25) is 5.91 Å². The number of amides is 3. The van der Waals surface area contributed by atoms with Gasteiger partial charge in [0.25, 0.3) is 0 Å². The third kappa shape index (κ3) is 3.21. The number of aliphatic imine (C=N–C) groups is 1. The number of aryl methyl sites for hydroxylation is 1. The topological polar surface area (TPSA) is 56.2 Å². The van der Waals surface area contributed by atoms with Crippen LogP contribution in [0, 0.1) is 6.92 Å². The summed E-state index contributed by atoms with van der Waals surface area (Å²) in [6, 6.07) is 7.26. The number of carbonyl (C=O) groups is 2. The van der Waals surface area contributed by atoms with Crippen LogP contribution in [0.1, 0.15) is 12.0 Å². The van der Waals surface area contributed by atoms with Crippen molar-refractivity contribution in [2.75, 3.05) is 26.0 Å². The van der Waals surface area contributed by atoms with Gasteiger partial charge in [0.05, 0.1) is 12.8 Å². The third-order valence-electron chi connectivity index (χ3n) is 3.30. The predicted octanol–water partition coefficient (Wildman–Crippen LogP) is 1.70. The van der Waals surface area contributed by atoms with Crippen LogP contribution in [0.2, 0.25) is 0 Å². The number of hydrogen-bond acceptors (Lipinski definition) is 3. The summed E-state index contributed by atoms with van der Waals surface area (Å²) in [5.41, 5.74) is 1.85. The molecule has 1 aromatic rings. The molecule has 1 heterocycles. The molecule has 21 heavy (non-hydrogen) atoms. The minimum absolute atomic E-state index is 0.181. The summed E-state index contributed by atoms with van der Waals surface area (Å²) in [4.78, 5) is 33.1. The van der Waals surface area contributed by atoms with Gasteiger partial charge < -0.3 is 4.90 Å². The molecule has 6 heteroatoms. The predicted molar refractivity (Wildman–Crippen MR) is 82.4 cm³/mol. The normalized spacial score (nSPS) is 19.5. The lowest BCUT2D eigenvalue weighted by atomic mass is 10.1. The quantitative estimate of drug-likeness (QED) is 0.628. The monoisotopic (exact) mass is 288 g/mol. The zero-order valence-electron chi connectivity index (χ0n) is 12.8. The first kappa shape index (κ1) is 15.0. The second-order valence-electron chi connectivity index (χ2n) is 5.35. The minimum atomic E-state index is -0.508. The van der Waals surface area contributed by atoms with E-state index in [4.69, 9.17) is 0 Å². The molecule has 1 aliphatic heterocycles. The van der Waals surface area contributed by atoms with Crippen molar-refractivity contribution in [2.24, 2.45) is 4.99 Å². The Morgan fingerprint density at radius 1 is 1.24 bits per heavy atom. The highest BCUT2D eigenvalue weighted by atomic mass is 16.2. The zero-order valence-corrected chi connectivity index (χ0v) is 12.8. The summed E-state index contributed by atoms with van der Waals surface area (Å²) < 4.78 is 0. The van der Waals surface area contributed by atoms with Crippen molar-refractivity contribution in [3.8, 4) is 0 Å². The maximum atomic E-state index is 12.4. The third-order valence-corrected chi connectivity index (χ3v) is 3.30.